The molecular formula is C50H59BN2O. The van der Waals surface area contributed by atoms with E-state index in [-0.39, 0.29) is 28.4 Å². The molecule has 0 N–H and O–H groups in total. The first kappa shape index (κ1) is 35.5. The highest BCUT2D eigenvalue weighted by Gasteiger charge is 2.53. The van der Waals surface area contributed by atoms with Crippen molar-refractivity contribution < 1.29 is 4.42 Å². The second-order valence-electron chi connectivity index (χ2n) is 20.7. The molecule has 3 aliphatic carbocycles. The molecule has 2 atom stereocenters. The van der Waals surface area contributed by atoms with Gasteiger partial charge in [-0.05, 0) is 137 Å². The normalized spacial score (nSPS) is 23.0. The highest BCUT2D eigenvalue weighted by Crippen LogP contribution is 2.59. The molecule has 1 aromatic heterocycles. The number of benzene rings is 3. The van der Waals surface area contributed by atoms with Gasteiger partial charge < -0.3 is 14.2 Å². The first-order chi connectivity index (χ1) is 25.3. The average Bonchev–Trinajstić information content (AvgIpc) is 3.48. The fraction of sp³-hybridized carbons (Fsp3) is 0.440. The van der Waals surface area contributed by atoms with E-state index < -0.39 is 0 Å². The fourth-order valence-electron chi connectivity index (χ4n) is 10.5. The van der Waals surface area contributed by atoms with Crippen LogP contribution in [-0.4, -0.2) is 6.71 Å². The first-order valence-electron chi connectivity index (χ1n) is 20.6. The van der Waals surface area contributed by atoms with Gasteiger partial charge >= 0.3 is 0 Å². The number of anilines is 4. The second kappa shape index (κ2) is 11.7. The van der Waals surface area contributed by atoms with Crippen LogP contribution in [0.4, 0.5) is 22.7 Å². The number of fused-ring (bicyclic) bond motifs is 6. The van der Waals surface area contributed by atoms with Gasteiger partial charge in [-0.15, -0.1) is 0 Å². The van der Waals surface area contributed by atoms with E-state index in [2.05, 4.69) is 172 Å². The number of furan rings is 1. The Balaban J connectivity index is 1.35. The molecular weight excluding hydrogens is 655 g/mol. The Bertz CT molecular complexity index is 2350. The summed E-state index contributed by atoms with van der Waals surface area (Å²) in [6, 6.07) is 22.9. The van der Waals surface area contributed by atoms with Crippen molar-refractivity contribution in [2.75, 3.05) is 9.80 Å². The van der Waals surface area contributed by atoms with Crippen LogP contribution >= 0.6 is 0 Å². The van der Waals surface area contributed by atoms with Crippen molar-refractivity contribution in [2.24, 2.45) is 28.1 Å². The molecule has 3 nitrogen and oxygen atoms in total. The Labute approximate surface area is 325 Å². The maximum Gasteiger partial charge on any atom is 0.296 e. The van der Waals surface area contributed by atoms with Crippen LogP contribution in [0.15, 0.2) is 111 Å². The molecule has 0 bridgehead atoms. The standard InChI is InChI=1S/C50H59BN2O/c1-30-25-41-44-42(26-30)53(39-22-19-33(27-31(39)2)48(6,7)8)40-29-37-36(49(9,10)23-24-50(37,11)12)28-38(40)51(44)46-45(35-15-13-14-16-43(35)54-46)52(41)34-20-17-32(18-21-34)47(3,4)5/h13-18,20-22,25-28,33,37H,19,23-24,29H2,1-12H3/t33?,37-/m1/s1. The van der Waals surface area contributed by atoms with E-state index in [4.69, 9.17) is 4.42 Å². The predicted octanol–water partition coefficient (Wildman–Crippen LogP) is 12.7. The highest BCUT2D eigenvalue weighted by atomic mass is 16.3. The summed E-state index contributed by atoms with van der Waals surface area (Å²) in [6.45, 7) is 28.7. The van der Waals surface area contributed by atoms with Gasteiger partial charge in [0, 0.05) is 33.8 Å². The van der Waals surface area contributed by atoms with Crippen LogP contribution in [0.25, 0.3) is 11.0 Å². The fourth-order valence-corrected chi connectivity index (χ4v) is 10.5. The minimum atomic E-state index is -0.000521. The second-order valence-corrected chi connectivity index (χ2v) is 20.7. The van der Waals surface area contributed by atoms with E-state index in [0.29, 0.717) is 11.8 Å². The van der Waals surface area contributed by atoms with Crippen LogP contribution < -0.4 is 20.9 Å². The molecule has 4 heteroatoms. The van der Waals surface area contributed by atoms with E-state index in [1.807, 2.05) is 0 Å². The third kappa shape index (κ3) is 5.29. The molecule has 3 heterocycles. The number of para-hydroxylation sites is 1. The summed E-state index contributed by atoms with van der Waals surface area (Å²) in [5, 5.41) is 1.17. The first-order valence-corrected chi connectivity index (χ1v) is 20.6. The van der Waals surface area contributed by atoms with Crippen molar-refractivity contribution in [3.63, 3.8) is 0 Å². The van der Waals surface area contributed by atoms with Gasteiger partial charge in [-0.1, -0.05) is 117 Å². The van der Waals surface area contributed by atoms with Gasteiger partial charge in [0.2, 0.25) is 0 Å². The van der Waals surface area contributed by atoms with Gasteiger partial charge in [-0.25, -0.2) is 0 Å². The third-order valence-electron chi connectivity index (χ3n) is 14.0. The molecule has 54 heavy (non-hydrogen) atoms. The summed E-state index contributed by atoms with van der Waals surface area (Å²) < 4.78 is 7.18. The summed E-state index contributed by atoms with van der Waals surface area (Å²) in [7, 11) is 0. The molecule has 0 amide bonds. The lowest BCUT2D eigenvalue weighted by Crippen LogP contribution is -2.57. The number of rotatable bonds is 2. The Kier molecular flexibility index (Phi) is 7.68. The lowest BCUT2D eigenvalue weighted by atomic mass is 9.33. The van der Waals surface area contributed by atoms with Crippen LogP contribution in [0.3, 0.4) is 0 Å². The van der Waals surface area contributed by atoms with Crippen LogP contribution in [0.2, 0.25) is 0 Å². The van der Waals surface area contributed by atoms with Gasteiger partial charge in [0.15, 0.2) is 0 Å². The molecule has 2 aliphatic heterocycles. The molecule has 3 aromatic carbocycles. The molecule has 0 spiro atoms. The predicted molar refractivity (Wildman–Crippen MR) is 231 cm³/mol. The highest BCUT2D eigenvalue weighted by molar-refractivity contribution is 6.95. The van der Waals surface area contributed by atoms with E-state index in [0.717, 1.165) is 24.1 Å². The zero-order chi connectivity index (χ0) is 38.3. The number of nitrogens with zero attached hydrogens (tertiary/aromatic N) is 2. The zero-order valence-corrected chi connectivity index (χ0v) is 34.9. The van der Waals surface area contributed by atoms with Gasteiger partial charge in [0.1, 0.15) is 5.58 Å². The average molecular weight is 715 g/mol. The molecule has 5 aliphatic rings. The van der Waals surface area contributed by atoms with E-state index in [1.165, 1.54) is 80.0 Å². The monoisotopic (exact) mass is 714 g/mol. The summed E-state index contributed by atoms with van der Waals surface area (Å²) in [5.41, 5.74) is 18.9. The maximum atomic E-state index is 7.18. The Morgan fingerprint density at radius 1 is 0.833 bits per heavy atom. The lowest BCUT2D eigenvalue weighted by Gasteiger charge is -2.54. The van der Waals surface area contributed by atoms with Gasteiger partial charge in [0.05, 0.1) is 11.3 Å². The van der Waals surface area contributed by atoms with Crippen molar-refractivity contribution in [1.82, 2.24) is 0 Å². The van der Waals surface area contributed by atoms with Crippen molar-refractivity contribution in [3.8, 4) is 0 Å². The SMILES string of the molecule is CC1=CC(C(C)(C)C)CC=C1N1C2=C(C=C3[C@@H](C2)C(C)(C)CCC3(C)C)B2c3oc4ccccc4c3N(c3ccc(C(C)(C)C)cc3)c3cc(C)cc1c32. The number of hydrogen-bond acceptors (Lipinski definition) is 3. The minimum Gasteiger partial charge on any atom is -0.468 e. The largest absolute Gasteiger partial charge is 0.468 e. The number of hydrogen-bond donors (Lipinski definition) is 0. The van der Waals surface area contributed by atoms with Gasteiger partial charge in [-0.2, -0.15) is 0 Å². The maximum absolute atomic E-state index is 7.18. The van der Waals surface area contributed by atoms with E-state index >= 15 is 0 Å². The van der Waals surface area contributed by atoms with Gasteiger partial charge in [0.25, 0.3) is 6.71 Å². The summed E-state index contributed by atoms with van der Waals surface area (Å²) >= 11 is 0. The van der Waals surface area contributed by atoms with Crippen LogP contribution in [0.1, 0.15) is 113 Å². The molecule has 9 rings (SSSR count). The van der Waals surface area contributed by atoms with Crippen LogP contribution in [0.5, 0.6) is 0 Å². The summed E-state index contributed by atoms with van der Waals surface area (Å²) in [5.74, 6) is 1.000. The Morgan fingerprint density at radius 2 is 1.52 bits per heavy atom. The van der Waals surface area contributed by atoms with Crippen molar-refractivity contribution in [1.29, 1.82) is 0 Å². The van der Waals surface area contributed by atoms with Crippen molar-refractivity contribution in [3.05, 3.63) is 118 Å². The molecule has 1 saturated carbocycles. The minimum absolute atomic E-state index is 0.000521. The van der Waals surface area contributed by atoms with Crippen molar-refractivity contribution in [2.45, 2.75) is 114 Å². The molecule has 278 valence electrons. The molecule has 0 saturated heterocycles. The zero-order valence-electron chi connectivity index (χ0n) is 34.9. The third-order valence-corrected chi connectivity index (χ3v) is 14.0. The van der Waals surface area contributed by atoms with Crippen LogP contribution in [-0.2, 0) is 5.41 Å². The molecule has 1 fully saturated rings. The number of allylic oxidation sites excluding steroid dienone is 7. The Morgan fingerprint density at radius 3 is 2.19 bits per heavy atom. The molecule has 4 aromatic rings. The van der Waals surface area contributed by atoms with E-state index in [1.54, 1.807) is 5.57 Å². The number of aryl methyl sites for hydroxylation is 1. The Hall–Kier alpha value is -4.18. The van der Waals surface area contributed by atoms with Crippen LogP contribution in [0, 0.1) is 35.0 Å². The lowest BCUT2D eigenvalue weighted by molar-refractivity contribution is 0.121. The quantitative estimate of drug-likeness (QED) is 0.193. The van der Waals surface area contributed by atoms with E-state index in [9.17, 15) is 0 Å². The molecule has 1 unspecified atom stereocenters. The topological polar surface area (TPSA) is 19.6 Å². The summed E-state index contributed by atoms with van der Waals surface area (Å²) in [6.07, 6.45) is 12.4. The summed E-state index contributed by atoms with van der Waals surface area (Å²) in [4.78, 5) is 5.25. The molecule has 0 radical (unpaired) electrons. The smallest absolute Gasteiger partial charge is 0.296 e. The van der Waals surface area contributed by atoms with Gasteiger partial charge in [-0.3, -0.25) is 0 Å². The van der Waals surface area contributed by atoms with Crippen molar-refractivity contribution >= 4 is 51.6 Å².